The summed E-state index contributed by atoms with van der Waals surface area (Å²) in [5.41, 5.74) is 0.242. The standard InChI is InChI=1S/C57H60O24/c1-30(58)67-28-39-42(70-31(2)59)45(71-32(3)60)47(72-33(4)61)54(73-39)69-27-38(62)41-44(49-56(78-41)81-57(5,6)80-49)79-55-48(77-53(66)37-25-17-10-18-26-37)46(76-52(65)36-23-15-9-16-24-36)43(75-51(64)35-21-13-8-14-22-35)40(74-55)29-68-50(63)34-19-11-7-12-20-34/h7-26,38-49,54-56,62H,27-29H2,1-6H3/t38-,39-,40-,41-,42-,43-,44+,45+,46+,47-,48-,49-,54-,55+,56-/m1/s1. The molecular formula is C57H60O24. The van der Waals surface area contributed by atoms with E-state index in [1.165, 1.54) is 48.5 Å². The Morgan fingerprint density at radius 1 is 0.457 bits per heavy atom. The Bertz CT molecular complexity index is 2830. The van der Waals surface area contributed by atoms with Crippen molar-refractivity contribution in [2.45, 2.75) is 139 Å². The van der Waals surface area contributed by atoms with E-state index in [9.17, 15) is 43.5 Å². The number of carbonyl (C=O) groups excluding carboxylic acids is 8. The molecule has 0 bridgehead atoms. The number of esters is 8. The largest absolute Gasteiger partial charge is 0.463 e. The first kappa shape index (κ1) is 59.4. The number of hydrogen-bond acceptors (Lipinski definition) is 24. The van der Waals surface area contributed by atoms with Crippen molar-refractivity contribution >= 4 is 47.8 Å². The predicted octanol–water partition coefficient (Wildman–Crippen LogP) is 3.97. The van der Waals surface area contributed by atoms with Gasteiger partial charge in [-0.1, -0.05) is 72.8 Å². The molecule has 0 aliphatic carbocycles. The van der Waals surface area contributed by atoms with Crippen LogP contribution in [-0.2, 0) is 90.2 Å². The SMILES string of the molecule is CC(=O)OC[C@H]1O[C@@H](OC[C@@H](O)[C@H]2O[C@@H]3OC(C)(C)O[C@@H]3[C@H]2O[C@@H]2O[C@H](COC(=O)c3ccccc3)[C@@H](OC(=O)c3ccccc3)[C@H](OC(=O)c3ccccc3)[C@H]2OC(=O)c2ccccc2)[C@H](OC(C)=O)[C@@H](OC(C)=O)[C@@H]1OC(C)=O. The van der Waals surface area contributed by atoms with Crippen LogP contribution in [0.5, 0.6) is 0 Å². The summed E-state index contributed by atoms with van der Waals surface area (Å²) in [6.45, 7) is 5.34. The van der Waals surface area contributed by atoms with E-state index in [4.69, 9.17) is 71.1 Å². The van der Waals surface area contributed by atoms with Crippen molar-refractivity contribution in [3.63, 3.8) is 0 Å². The smallest absolute Gasteiger partial charge is 0.338 e. The first-order chi connectivity index (χ1) is 38.7. The molecule has 0 amide bonds. The Morgan fingerprint density at radius 3 is 1.35 bits per heavy atom. The van der Waals surface area contributed by atoms with Crippen LogP contribution < -0.4 is 0 Å². The topological polar surface area (TPSA) is 295 Å². The lowest BCUT2D eigenvalue weighted by atomic mass is 9.97. The number of carbonyl (C=O) groups is 8. The predicted molar refractivity (Wildman–Crippen MR) is 270 cm³/mol. The quantitative estimate of drug-likeness (QED) is 0.0967. The molecule has 0 unspecified atom stereocenters. The van der Waals surface area contributed by atoms with Crippen LogP contribution >= 0.6 is 0 Å². The number of rotatable bonds is 20. The maximum absolute atomic E-state index is 14.3. The van der Waals surface area contributed by atoms with E-state index < -0.39 is 165 Å². The molecule has 432 valence electrons. The van der Waals surface area contributed by atoms with Gasteiger partial charge in [-0.3, -0.25) is 19.2 Å². The van der Waals surface area contributed by atoms with Crippen LogP contribution in [0.15, 0.2) is 121 Å². The summed E-state index contributed by atoms with van der Waals surface area (Å²) >= 11 is 0. The van der Waals surface area contributed by atoms with Crippen molar-refractivity contribution in [2.24, 2.45) is 0 Å². The summed E-state index contributed by atoms with van der Waals surface area (Å²) < 4.78 is 90.4. The van der Waals surface area contributed by atoms with Crippen LogP contribution in [0.3, 0.4) is 0 Å². The fourth-order valence-electron chi connectivity index (χ4n) is 9.37. The number of aliphatic hydroxyl groups excluding tert-OH is 1. The molecule has 0 saturated carbocycles. The van der Waals surface area contributed by atoms with Gasteiger partial charge in [-0.25, -0.2) is 19.2 Å². The van der Waals surface area contributed by atoms with Gasteiger partial charge in [0.25, 0.3) is 0 Å². The van der Waals surface area contributed by atoms with E-state index in [2.05, 4.69) is 0 Å². The summed E-state index contributed by atoms with van der Waals surface area (Å²) in [6, 6.07) is 31.1. The van der Waals surface area contributed by atoms with Crippen molar-refractivity contribution in [3.8, 4) is 0 Å². The normalized spacial score (nSPS) is 28.6. The van der Waals surface area contributed by atoms with Crippen LogP contribution in [0.4, 0.5) is 0 Å². The molecule has 4 fully saturated rings. The second-order valence-corrected chi connectivity index (χ2v) is 19.4. The number of fused-ring (bicyclic) bond motifs is 1. The van der Waals surface area contributed by atoms with Crippen molar-refractivity contribution in [3.05, 3.63) is 144 Å². The van der Waals surface area contributed by atoms with Crippen molar-refractivity contribution < 1.29 is 115 Å². The molecule has 15 atom stereocenters. The maximum atomic E-state index is 14.3. The van der Waals surface area contributed by atoms with Crippen molar-refractivity contribution in [2.75, 3.05) is 19.8 Å². The highest BCUT2D eigenvalue weighted by molar-refractivity contribution is 5.91. The number of ether oxygens (including phenoxy) is 15. The van der Waals surface area contributed by atoms with Crippen LogP contribution in [0.1, 0.15) is 83.0 Å². The minimum atomic E-state index is -1.92. The summed E-state index contributed by atoms with van der Waals surface area (Å²) in [7, 11) is 0. The molecule has 8 rings (SSSR count). The van der Waals surface area contributed by atoms with Gasteiger partial charge in [-0.2, -0.15) is 0 Å². The van der Waals surface area contributed by atoms with Crippen LogP contribution in [0.2, 0.25) is 0 Å². The third-order valence-corrected chi connectivity index (χ3v) is 12.8. The number of aliphatic hydroxyl groups is 1. The molecule has 4 aliphatic rings. The van der Waals surface area contributed by atoms with Gasteiger partial charge in [0.1, 0.15) is 49.8 Å². The summed E-state index contributed by atoms with van der Waals surface area (Å²) in [5.74, 6) is -8.52. The van der Waals surface area contributed by atoms with Gasteiger partial charge in [-0.15, -0.1) is 0 Å². The molecule has 4 heterocycles. The Labute approximate surface area is 463 Å². The first-order valence-corrected chi connectivity index (χ1v) is 25.7. The van der Waals surface area contributed by atoms with Gasteiger partial charge >= 0.3 is 47.8 Å². The summed E-state index contributed by atoms with van der Waals surface area (Å²) in [6.07, 6.45) is -24.4. The molecule has 4 aliphatic heterocycles. The lowest BCUT2D eigenvalue weighted by Gasteiger charge is -2.45. The van der Waals surface area contributed by atoms with Gasteiger partial charge < -0.3 is 76.2 Å². The summed E-state index contributed by atoms with van der Waals surface area (Å²) in [4.78, 5) is 106. The van der Waals surface area contributed by atoms with E-state index >= 15 is 0 Å². The second-order valence-electron chi connectivity index (χ2n) is 19.4. The van der Waals surface area contributed by atoms with Crippen molar-refractivity contribution in [1.82, 2.24) is 0 Å². The van der Waals surface area contributed by atoms with Gasteiger partial charge in [0, 0.05) is 27.7 Å². The second kappa shape index (κ2) is 26.7. The summed E-state index contributed by atoms with van der Waals surface area (Å²) in [5, 5.41) is 12.2. The Kier molecular flexibility index (Phi) is 19.6. The zero-order valence-corrected chi connectivity index (χ0v) is 44.7. The van der Waals surface area contributed by atoms with Crippen LogP contribution in [0, 0.1) is 0 Å². The minimum Gasteiger partial charge on any atom is -0.463 e. The lowest BCUT2D eigenvalue weighted by molar-refractivity contribution is -0.327. The fraction of sp³-hybridized carbons (Fsp3) is 0.439. The molecule has 4 aromatic rings. The lowest BCUT2D eigenvalue weighted by Crippen LogP contribution is -2.64. The molecular weight excluding hydrogens is 1070 g/mol. The van der Waals surface area contributed by atoms with E-state index in [0.29, 0.717) is 0 Å². The highest BCUT2D eigenvalue weighted by Gasteiger charge is 2.61. The molecule has 4 aromatic carbocycles. The third-order valence-electron chi connectivity index (χ3n) is 12.8. The van der Waals surface area contributed by atoms with E-state index in [0.717, 1.165) is 27.7 Å². The molecule has 4 saturated heterocycles. The zero-order chi connectivity index (χ0) is 58.0. The van der Waals surface area contributed by atoms with Gasteiger partial charge in [-0.05, 0) is 62.4 Å². The van der Waals surface area contributed by atoms with E-state index in [1.54, 1.807) is 86.6 Å². The average Bonchev–Trinajstić information content (AvgIpc) is 3.91. The first-order valence-electron chi connectivity index (χ1n) is 25.7. The fourth-order valence-corrected chi connectivity index (χ4v) is 9.37. The number of hydrogen-bond donors (Lipinski definition) is 1. The maximum Gasteiger partial charge on any atom is 0.338 e. The van der Waals surface area contributed by atoms with Gasteiger partial charge in [0.2, 0.25) is 0 Å². The van der Waals surface area contributed by atoms with Gasteiger partial charge in [0.15, 0.2) is 61.3 Å². The molecule has 0 spiro atoms. The Morgan fingerprint density at radius 2 is 0.852 bits per heavy atom. The monoisotopic (exact) mass is 1130 g/mol. The van der Waals surface area contributed by atoms with E-state index in [1.807, 2.05) is 0 Å². The Balaban J connectivity index is 1.17. The molecule has 81 heavy (non-hydrogen) atoms. The third kappa shape index (κ3) is 15.2. The van der Waals surface area contributed by atoms with Crippen LogP contribution in [-0.4, -0.2) is 171 Å². The molecule has 0 radical (unpaired) electrons. The average molecular weight is 1130 g/mol. The number of benzene rings is 4. The molecule has 0 aromatic heterocycles. The van der Waals surface area contributed by atoms with Crippen LogP contribution in [0.25, 0.3) is 0 Å². The molecule has 1 N–H and O–H groups in total. The van der Waals surface area contributed by atoms with Crippen molar-refractivity contribution in [1.29, 1.82) is 0 Å². The minimum absolute atomic E-state index is 0.0207. The highest BCUT2D eigenvalue weighted by Crippen LogP contribution is 2.42. The zero-order valence-electron chi connectivity index (χ0n) is 44.7. The molecule has 24 nitrogen and oxygen atoms in total. The Hall–Kier alpha value is -7.68. The van der Waals surface area contributed by atoms with E-state index in [-0.39, 0.29) is 22.3 Å². The molecule has 24 heteroatoms. The van der Waals surface area contributed by atoms with Gasteiger partial charge in [0.05, 0.1) is 28.9 Å². The highest BCUT2D eigenvalue weighted by atomic mass is 16.9.